The summed E-state index contributed by atoms with van der Waals surface area (Å²) in [5.41, 5.74) is 5.62. The number of halogens is 2. The lowest BCUT2D eigenvalue weighted by atomic mass is 10.2. The number of pyridine rings is 1. The van der Waals surface area contributed by atoms with Crippen LogP contribution >= 0.6 is 35.0 Å². The summed E-state index contributed by atoms with van der Waals surface area (Å²) in [6, 6.07) is 2.05. The molecule has 0 aromatic carbocycles. The number of nitrogens with two attached hydrogens (primary N) is 1. The zero-order chi connectivity index (χ0) is 10.8. The van der Waals surface area contributed by atoms with Crippen LogP contribution in [0.5, 0.6) is 0 Å². The van der Waals surface area contributed by atoms with Crippen LogP contribution in [-0.4, -0.2) is 22.5 Å². The van der Waals surface area contributed by atoms with Crippen molar-refractivity contribution in [3.63, 3.8) is 0 Å². The zero-order valence-electron chi connectivity index (χ0n) is 7.96. The highest BCUT2D eigenvalue weighted by molar-refractivity contribution is 7.99. The highest BCUT2D eigenvalue weighted by Gasteiger charge is 2.17. The van der Waals surface area contributed by atoms with Crippen LogP contribution in [0.4, 0.5) is 11.6 Å². The monoisotopic (exact) mass is 263 g/mol. The molecule has 2 rings (SSSR count). The second-order valence-electron chi connectivity index (χ2n) is 3.39. The molecule has 1 saturated heterocycles. The summed E-state index contributed by atoms with van der Waals surface area (Å²) in [4.78, 5) is 4.13. The number of rotatable bonds is 2. The van der Waals surface area contributed by atoms with Crippen molar-refractivity contribution in [2.24, 2.45) is 0 Å². The molecule has 1 atom stereocenters. The molecule has 1 fully saturated rings. The van der Waals surface area contributed by atoms with E-state index in [-0.39, 0.29) is 0 Å². The van der Waals surface area contributed by atoms with Gasteiger partial charge >= 0.3 is 0 Å². The molecule has 1 aromatic rings. The van der Waals surface area contributed by atoms with E-state index >= 15 is 0 Å². The maximum atomic E-state index is 6.01. The van der Waals surface area contributed by atoms with Gasteiger partial charge in [-0.25, -0.2) is 4.98 Å². The van der Waals surface area contributed by atoms with Gasteiger partial charge in [0.25, 0.3) is 0 Å². The van der Waals surface area contributed by atoms with Crippen LogP contribution in [0.15, 0.2) is 6.07 Å². The molecule has 1 aliphatic rings. The number of anilines is 2. The molecule has 3 nitrogen and oxygen atoms in total. The Hall–Kier alpha value is -0.320. The van der Waals surface area contributed by atoms with Crippen LogP contribution in [0.1, 0.15) is 6.42 Å². The zero-order valence-corrected chi connectivity index (χ0v) is 10.3. The van der Waals surface area contributed by atoms with Gasteiger partial charge in [0, 0.05) is 11.8 Å². The van der Waals surface area contributed by atoms with Gasteiger partial charge in [-0.05, 0) is 18.2 Å². The van der Waals surface area contributed by atoms with Crippen LogP contribution < -0.4 is 11.1 Å². The first-order valence-corrected chi connectivity index (χ1v) is 6.53. The average Bonchev–Trinajstić information content (AvgIpc) is 2.67. The minimum absolute atomic E-state index is 0.314. The fourth-order valence-corrected chi connectivity index (χ4v) is 2.99. The van der Waals surface area contributed by atoms with Gasteiger partial charge in [0.15, 0.2) is 0 Å². The summed E-state index contributed by atoms with van der Waals surface area (Å²) in [7, 11) is 0. The molecule has 0 bridgehead atoms. The van der Waals surface area contributed by atoms with Crippen LogP contribution in [0.2, 0.25) is 10.0 Å². The number of nitrogens with one attached hydrogen (secondary N) is 1. The van der Waals surface area contributed by atoms with Crippen molar-refractivity contribution >= 4 is 46.6 Å². The molecular formula is C9H11Cl2N3S. The largest absolute Gasteiger partial charge is 0.382 e. The quantitative estimate of drug-likeness (QED) is 0.862. The van der Waals surface area contributed by atoms with Crippen molar-refractivity contribution in [1.82, 2.24) is 4.98 Å². The molecule has 0 aliphatic carbocycles. The van der Waals surface area contributed by atoms with E-state index in [2.05, 4.69) is 10.3 Å². The molecule has 1 unspecified atom stereocenters. The minimum atomic E-state index is 0.314. The van der Waals surface area contributed by atoms with E-state index in [1.807, 2.05) is 11.8 Å². The number of hydrogen-bond acceptors (Lipinski definition) is 4. The average molecular weight is 264 g/mol. The first kappa shape index (κ1) is 11.2. The Morgan fingerprint density at radius 2 is 2.27 bits per heavy atom. The normalized spacial score (nSPS) is 20.5. The molecule has 1 aromatic heterocycles. The molecule has 15 heavy (non-hydrogen) atoms. The van der Waals surface area contributed by atoms with E-state index in [1.165, 1.54) is 5.75 Å². The Bertz CT molecular complexity index is 367. The predicted octanol–water partition coefficient (Wildman–Crippen LogP) is 2.89. The first-order chi connectivity index (χ1) is 7.16. The van der Waals surface area contributed by atoms with Crippen LogP contribution in [-0.2, 0) is 0 Å². The van der Waals surface area contributed by atoms with Crippen molar-refractivity contribution in [2.45, 2.75) is 12.5 Å². The second kappa shape index (κ2) is 4.68. The Morgan fingerprint density at radius 3 is 2.93 bits per heavy atom. The lowest BCUT2D eigenvalue weighted by Gasteiger charge is -2.13. The highest BCUT2D eigenvalue weighted by Crippen LogP contribution is 2.29. The van der Waals surface area contributed by atoms with Crippen LogP contribution in [0.25, 0.3) is 0 Å². The molecule has 0 amide bonds. The Kier molecular flexibility index (Phi) is 3.49. The first-order valence-electron chi connectivity index (χ1n) is 4.62. The summed E-state index contributed by atoms with van der Waals surface area (Å²) in [5.74, 6) is 3.21. The Labute approximate surface area is 103 Å². The fourth-order valence-electron chi connectivity index (χ4n) is 1.42. The van der Waals surface area contributed by atoms with Gasteiger partial charge < -0.3 is 11.1 Å². The van der Waals surface area contributed by atoms with Gasteiger partial charge in [-0.3, -0.25) is 0 Å². The lowest BCUT2D eigenvalue weighted by molar-refractivity contribution is 0.807. The lowest BCUT2D eigenvalue weighted by Crippen LogP contribution is -2.19. The van der Waals surface area contributed by atoms with Crippen molar-refractivity contribution in [1.29, 1.82) is 0 Å². The van der Waals surface area contributed by atoms with Gasteiger partial charge in [-0.2, -0.15) is 11.8 Å². The summed E-state index contributed by atoms with van der Waals surface area (Å²) in [6.45, 7) is 0. The Morgan fingerprint density at radius 1 is 1.47 bits per heavy atom. The van der Waals surface area contributed by atoms with E-state index in [9.17, 15) is 0 Å². The molecular weight excluding hydrogens is 253 g/mol. The smallest absolute Gasteiger partial charge is 0.147 e. The van der Waals surface area contributed by atoms with Crippen molar-refractivity contribution in [2.75, 3.05) is 22.6 Å². The summed E-state index contributed by atoms with van der Waals surface area (Å²) < 4.78 is 0. The van der Waals surface area contributed by atoms with E-state index in [0.717, 1.165) is 12.2 Å². The molecule has 1 aliphatic heterocycles. The SMILES string of the molecule is Nc1nc(NC2CCSC2)c(Cl)cc1Cl. The van der Waals surface area contributed by atoms with Crippen LogP contribution in [0.3, 0.4) is 0 Å². The highest BCUT2D eigenvalue weighted by atomic mass is 35.5. The number of thioether (sulfide) groups is 1. The number of nitrogens with zero attached hydrogens (tertiary/aromatic N) is 1. The topological polar surface area (TPSA) is 50.9 Å². The minimum Gasteiger partial charge on any atom is -0.382 e. The molecule has 3 N–H and O–H groups in total. The van der Waals surface area contributed by atoms with Crippen LogP contribution in [0, 0.1) is 0 Å². The van der Waals surface area contributed by atoms with Crippen molar-refractivity contribution in [3.05, 3.63) is 16.1 Å². The molecule has 0 saturated carbocycles. The van der Waals surface area contributed by atoms with Crippen molar-refractivity contribution < 1.29 is 0 Å². The van der Waals surface area contributed by atoms with Crippen molar-refractivity contribution in [3.8, 4) is 0 Å². The predicted molar refractivity (Wildman–Crippen MR) is 68.0 cm³/mol. The molecule has 0 spiro atoms. The summed E-state index contributed by atoms with van der Waals surface area (Å²) >= 11 is 13.7. The molecule has 0 radical (unpaired) electrons. The third-order valence-electron chi connectivity index (χ3n) is 2.23. The summed E-state index contributed by atoms with van der Waals surface area (Å²) in [6.07, 6.45) is 1.13. The second-order valence-corrected chi connectivity index (χ2v) is 5.35. The van der Waals surface area contributed by atoms with Gasteiger partial charge in [0.05, 0.1) is 10.0 Å². The maximum absolute atomic E-state index is 6.01. The third-order valence-corrected chi connectivity index (χ3v) is 3.98. The van der Waals surface area contributed by atoms with E-state index in [0.29, 0.717) is 27.7 Å². The Balaban J connectivity index is 2.16. The number of aromatic nitrogens is 1. The van der Waals surface area contributed by atoms with E-state index < -0.39 is 0 Å². The number of nitrogen functional groups attached to an aromatic ring is 1. The van der Waals surface area contributed by atoms with Gasteiger partial charge in [-0.1, -0.05) is 23.2 Å². The van der Waals surface area contributed by atoms with Gasteiger partial charge in [-0.15, -0.1) is 0 Å². The van der Waals surface area contributed by atoms with Gasteiger partial charge in [0.2, 0.25) is 0 Å². The van der Waals surface area contributed by atoms with E-state index in [1.54, 1.807) is 6.07 Å². The van der Waals surface area contributed by atoms with Gasteiger partial charge in [0.1, 0.15) is 11.6 Å². The summed E-state index contributed by atoms with van der Waals surface area (Å²) in [5, 5.41) is 4.19. The molecule has 82 valence electrons. The standard InChI is InChI=1S/C9H11Cl2N3S/c10-6-3-7(11)9(14-8(6)12)13-5-1-2-15-4-5/h3,5H,1-2,4H2,(H3,12,13,14). The fraction of sp³-hybridized carbons (Fsp3) is 0.444. The molecule has 2 heterocycles. The number of hydrogen-bond donors (Lipinski definition) is 2. The molecule has 6 heteroatoms. The third kappa shape index (κ3) is 2.62. The maximum Gasteiger partial charge on any atom is 0.147 e. The van der Waals surface area contributed by atoms with E-state index in [4.69, 9.17) is 28.9 Å².